The van der Waals surface area contributed by atoms with Crippen LogP contribution in [0.3, 0.4) is 0 Å². The molecule has 3 aromatic rings. The number of aromatic nitrogens is 1. The number of allylic oxidation sites excluding steroid dienone is 1. The number of hydrogen-bond acceptors (Lipinski definition) is 2. The molecule has 0 aliphatic carbocycles. The van der Waals surface area contributed by atoms with Crippen molar-refractivity contribution in [3.8, 4) is 6.07 Å². The second-order valence-corrected chi connectivity index (χ2v) is 9.87. The molecule has 4 nitrogen and oxygen atoms in total. The first-order chi connectivity index (χ1) is 14.8. The van der Waals surface area contributed by atoms with Gasteiger partial charge in [-0.15, -0.1) is 0 Å². The van der Waals surface area contributed by atoms with E-state index in [1.165, 1.54) is 32.9 Å². The molecule has 0 bridgehead atoms. The van der Waals surface area contributed by atoms with Gasteiger partial charge in [-0.25, -0.2) is 0 Å². The molecule has 3 atom stereocenters. The molecule has 2 aromatic carbocycles. The van der Waals surface area contributed by atoms with E-state index in [0.29, 0.717) is 17.2 Å². The van der Waals surface area contributed by atoms with Crippen molar-refractivity contribution in [2.75, 3.05) is 12.7 Å². The van der Waals surface area contributed by atoms with Gasteiger partial charge in [-0.1, -0.05) is 65.4 Å². The van der Waals surface area contributed by atoms with Gasteiger partial charge in [0.25, 0.3) is 0 Å². The molecule has 0 radical (unpaired) electrons. The van der Waals surface area contributed by atoms with Crippen molar-refractivity contribution >= 4 is 39.2 Å². The van der Waals surface area contributed by atoms with Gasteiger partial charge in [-0.05, 0) is 35.0 Å². The van der Waals surface area contributed by atoms with Crippen LogP contribution in [0.25, 0.3) is 10.9 Å². The Morgan fingerprint density at radius 3 is 2.93 bits per heavy atom. The molecule has 0 amide bonds. The highest BCUT2D eigenvalue weighted by atomic mass is 31.1. The minimum atomic E-state index is 0.197. The monoisotopic (exact) mass is 428 g/mol. The second kappa shape index (κ2) is 8.57. The van der Waals surface area contributed by atoms with E-state index in [-0.39, 0.29) is 5.78 Å². The molecule has 0 saturated carbocycles. The lowest BCUT2D eigenvalue weighted by Crippen LogP contribution is -2.41. The summed E-state index contributed by atoms with van der Waals surface area (Å²) in [7, 11) is 1.31. The zero-order valence-corrected chi connectivity index (χ0v) is 18.4. The summed E-state index contributed by atoms with van der Waals surface area (Å²) >= 11 is 0. The minimum absolute atomic E-state index is 0.197. The van der Waals surface area contributed by atoms with Gasteiger partial charge in [0, 0.05) is 40.9 Å². The van der Waals surface area contributed by atoms with E-state index < -0.39 is 0 Å². The van der Waals surface area contributed by atoms with Crippen LogP contribution >= 0.6 is 17.2 Å². The number of hydrogen-bond donors (Lipinski definition) is 2. The molecule has 5 rings (SSSR count). The predicted molar refractivity (Wildman–Crippen MR) is 130 cm³/mol. The quantitative estimate of drug-likeness (QED) is 0.605. The third kappa shape index (κ3) is 3.84. The van der Waals surface area contributed by atoms with E-state index in [9.17, 15) is 5.26 Å². The topological polar surface area (TPSA) is 64.0 Å². The molecule has 6 heteroatoms. The first kappa shape index (κ1) is 19.3. The molecule has 2 aliphatic rings. The maximum atomic E-state index is 9.31. The van der Waals surface area contributed by atoms with E-state index in [1.807, 2.05) is 0 Å². The average Bonchev–Trinajstić information content (AvgIpc) is 3.22. The molecule has 2 aliphatic heterocycles. The Labute approximate surface area is 179 Å². The third-order valence-corrected chi connectivity index (χ3v) is 8.10. The van der Waals surface area contributed by atoms with Crippen molar-refractivity contribution < 1.29 is 0 Å². The van der Waals surface area contributed by atoms with E-state index in [0.717, 1.165) is 30.5 Å². The van der Waals surface area contributed by atoms with Gasteiger partial charge in [0.15, 0.2) is 0 Å². The summed E-state index contributed by atoms with van der Waals surface area (Å²) in [6.07, 6.45) is 5.93. The van der Waals surface area contributed by atoms with Gasteiger partial charge in [-0.2, -0.15) is 5.26 Å². The summed E-state index contributed by atoms with van der Waals surface area (Å²) < 4.78 is 0. The van der Waals surface area contributed by atoms with Gasteiger partial charge < -0.3 is 10.3 Å². The second-order valence-electron chi connectivity index (χ2n) is 7.41. The van der Waals surface area contributed by atoms with Crippen LogP contribution in [0.1, 0.15) is 11.1 Å². The van der Waals surface area contributed by atoms with Crippen LogP contribution in [0.5, 0.6) is 0 Å². The van der Waals surface area contributed by atoms with Crippen molar-refractivity contribution in [1.29, 1.82) is 5.26 Å². The minimum Gasteiger partial charge on any atom is -0.361 e. The number of para-hydroxylation sites is 1. The molecular formula is C24H22N4P2. The fraction of sp³-hybridized carbons (Fsp3) is 0.167. The predicted octanol–water partition coefficient (Wildman–Crippen LogP) is 4.42. The number of fused-ring (bicyclic) bond motifs is 2. The first-order valence-corrected chi connectivity index (χ1v) is 12.4. The van der Waals surface area contributed by atoms with Crippen LogP contribution in [0.15, 0.2) is 82.8 Å². The van der Waals surface area contributed by atoms with Crippen molar-refractivity contribution in [3.05, 3.63) is 88.9 Å². The Morgan fingerprint density at radius 2 is 2.00 bits per heavy atom. The first-order valence-electron chi connectivity index (χ1n) is 10.1. The Bertz CT molecular complexity index is 1230. The van der Waals surface area contributed by atoms with E-state index in [2.05, 4.69) is 83.0 Å². The maximum Gasteiger partial charge on any atom is 0.129 e. The Hall–Kier alpha value is -2.72. The smallest absolute Gasteiger partial charge is 0.129 e. The summed E-state index contributed by atoms with van der Waals surface area (Å²) in [6, 6.07) is 19.3. The van der Waals surface area contributed by atoms with E-state index >= 15 is 0 Å². The number of H-pyrrole nitrogens is 1. The summed E-state index contributed by atoms with van der Waals surface area (Å²) in [5.74, 6) is 3.46. The molecule has 148 valence electrons. The zero-order valence-electron chi connectivity index (χ0n) is 16.4. The Morgan fingerprint density at radius 1 is 1.13 bits per heavy atom. The van der Waals surface area contributed by atoms with Crippen LogP contribution in [0, 0.1) is 11.3 Å². The van der Waals surface area contributed by atoms with Gasteiger partial charge >= 0.3 is 0 Å². The maximum absolute atomic E-state index is 9.31. The SMILES string of the molecule is N#CC1=CC(C2NC(=NCCc3c[nH]c4ccccc34)c3ccccc3P2)=CPC1. The standard InChI is InChI=1S/C24H22N4P2/c25-12-16-11-18(15-29-14-16)24-28-23(20-6-2-4-8-22(20)30-24)26-10-9-17-13-27-21-7-3-1-5-19(17)21/h1-8,11,13,15,24,27,29-30H,9-10,14H2,(H,26,28). The number of rotatable bonds is 4. The molecule has 1 aromatic heterocycles. The van der Waals surface area contributed by atoms with E-state index in [4.69, 9.17) is 4.99 Å². The number of nitrogens with zero attached hydrogens (tertiary/aromatic N) is 2. The zero-order chi connectivity index (χ0) is 20.3. The van der Waals surface area contributed by atoms with Gasteiger partial charge in [-0.3, -0.25) is 4.99 Å². The normalized spacial score (nSPS) is 21.2. The molecule has 3 unspecified atom stereocenters. The molecule has 3 heterocycles. The van der Waals surface area contributed by atoms with Gasteiger partial charge in [0.2, 0.25) is 0 Å². The number of aromatic amines is 1. The molecule has 0 spiro atoms. The van der Waals surface area contributed by atoms with E-state index in [1.54, 1.807) is 0 Å². The van der Waals surface area contributed by atoms with Crippen molar-refractivity contribution in [2.24, 2.45) is 4.99 Å². The summed E-state index contributed by atoms with van der Waals surface area (Å²) in [5.41, 5.74) is 5.79. The largest absolute Gasteiger partial charge is 0.361 e. The third-order valence-electron chi connectivity index (χ3n) is 5.47. The summed E-state index contributed by atoms with van der Waals surface area (Å²) in [6.45, 7) is 0.731. The lowest BCUT2D eigenvalue weighted by atomic mass is 10.1. The van der Waals surface area contributed by atoms with Crippen molar-refractivity contribution in [2.45, 2.75) is 12.2 Å². The highest BCUT2D eigenvalue weighted by molar-refractivity contribution is 7.49. The van der Waals surface area contributed by atoms with Crippen LogP contribution in [-0.4, -0.2) is 29.3 Å². The van der Waals surface area contributed by atoms with Crippen LogP contribution in [-0.2, 0) is 6.42 Å². The van der Waals surface area contributed by atoms with Crippen molar-refractivity contribution in [1.82, 2.24) is 10.3 Å². The van der Waals surface area contributed by atoms with Gasteiger partial charge in [0.05, 0.1) is 11.9 Å². The Kier molecular flexibility index (Phi) is 5.50. The lowest BCUT2D eigenvalue weighted by molar-refractivity contribution is 0.898. The highest BCUT2D eigenvalue weighted by Crippen LogP contribution is 2.35. The average molecular weight is 428 g/mol. The van der Waals surface area contributed by atoms with Crippen LogP contribution < -0.4 is 10.6 Å². The molecule has 0 fully saturated rings. The fourth-order valence-corrected chi connectivity index (χ4v) is 6.52. The number of aliphatic imine (C=N–C) groups is 1. The van der Waals surface area contributed by atoms with Crippen molar-refractivity contribution in [3.63, 3.8) is 0 Å². The fourth-order valence-electron chi connectivity index (χ4n) is 3.96. The molecule has 30 heavy (non-hydrogen) atoms. The van der Waals surface area contributed by atoms with Gasteiger partial charge in [0.1, 0.15) is 5.84 Å². The molecular weight excluding hydrogens is 406 g/mol. The lowest BCUT2D eigenvalue weighted by Gasteiger charge is -2.30. The number of amidine groups is 1. The summed E-state index contributed by atoms with van der Waals surface area (Å²) in [4.78, 5) is 8.33. The Balaban J connectivity index is 1.40. The van der Waals surface area contributed by atoms with Crippen LogP contribution in [0.4, 0.5) is 0 Å². The number of nitriles is 1. The number of benzene rings is 2. The highest BCUT2D eigenvalue weighted by Gasteiger charge is 2.25. The molecule has 2 N–H and O–H groups in total. The molecule has 0 saturated heterocycles. The summed E-state index contributed by atoms with van der Waals surface area (Å²) in [5, 5.41) is 15.6. The van der Waals surface area contributed by atoms with Crippen LogP contribution in [0.2, 0.25) is 0 Å². The number of nitrogens with one attached hydrogen (secondary N) is 2.